The van der Waals surface area contributed by atoms with Crippen LogP contribution in [0, 0.1) is 0 Å². The molecule has 4 aromatic rings. The van der Waals surface area contributed by atoms with Crippen LogP contribution in [-0.4, -0.2) is 45.3 Å². The second-order valence-corrected chi connectivity index (χ2v) is 6.23. The molecule has 0 unspecified atom stereocenters. The van der Waals surface area contributed by atoms with Crippen LogP contribution in [0.4, 0.5) is 17.6 Å². The van der Waals surface area contributed by atoms with Gasteiger partial charge in [-0.05, 0) is 12.1 Å². The molecule has 0 fully saturated rings. The molecule has 0 spiro atoms. The molecule has 152 valence electrons. The molecule has 0 saturated carbocycles. The van der Waals surface area contributed by atoms with Gasteiger partial charge in [-0.1, -0.05) is 30.3 Å². The lowest BCUT2D eigenvalue weighted by Gasteiger charge is -2.12. The number of rotatable bonds is 8. The minimum atomic E-state index is -0.0323. The van der Waals surface area contributed by atoms with Crippen LogP contribution in [0.3, 0.4) is 0 Å². The lowest BCUT2D eigenvalue weighted by atomic mass is 10.1. The molecule has 4 rings (SSSR count). The van der Waals surface area contributed by atoms with Crippen molar-refractivity contribution >= 4 is 17.6 Å². The number of anilines is 3. The Labute approximate surface area is 172 Å². The SMILES string of the molecule is COc1cc(Nc2nc(NCCO)nc(-c3ccccc3)n2)ccc1-c1cnco1. The lowest BCUT2D eigenvalue weighted by Crippen LogP contribution is -2.11. The summed E-state index contributed by atoms with van der Waals surface area (Å²) in [5, 5.41) is 15.3. The molecule has 0 saturated heterocycles. The topological polar surface area (TPSA) is 118 Å². The van der Waals surface area contributed by atoms with Crippen molar-refractivity contribution in [1.82, 2.24) is 19.9 Å². The molecule has 9 nitrogen and oxygen atoms in total. The van der Waals surface area contributed by atoms with E-state index in [1.165, 1.54) is 6.39 Å². The number of nitrogens with one attached hydrogen (secondary N) is 2. The fraction of sp³-hybridized carbons (Fsp3) is 0.143. The normalized spacial score (nSPS) is 10.6. The Morgan fingerprint density at radius 2 is 1.87 bits per heavy atom. The van der Waals surface area contributed by atoms with Crippen molar-refractivity contribution in [3.63, 3.8) is 0 Å². The fourth-order valence-electron chi connectivity index (χ4n) is 2.85. The second-order valence-electron chi connectivity index (χ2n) is 6.23. The summed E-state index contributed by atoms with van der Waals surface area (Å²) in [6.45, 7) is 0.298. The average Bonchev–Trinajstić information content (AvgIpc) is 3.33. The summed E-state index contributed by atoms with van der Waals surface area (Å²) in [6.07, 6.45) is 3.00. The fourth-order valence-corrected chi connectivity index (χ4v) is 2.85. The molecule has 0 aliphatic rings. The molecule has 0 atom stereocenters. The van der Waals surface area contributed by atoms with E-state index in [4.69, 9.17) is 14.3 Å². The highest BCUT2D eigenvalue weighted by atomic mass is 16.5. The Kier molecular flexibility index (Phi) is 5.81. The predicted molar refractivity (Wildman–Crippen MR) is 113 cm³/mol. The van der Waals surface area contributed by atoms with Crippen molar-refractivity contribution in [2.75, 3.05) is 30.9 Å². The molecule has 30 heavy (non-hydrogen) atoms. The summed E-state index contributed by atoms with van der Waals surface area (Å²) < 4.78 is 10.9. The van der Waals surface area contributed by atoms with Gasteiger partial charge in [0.1, 0.15) is 5.75 Å². The number of aliphatic hydroxyl groups excluding tert-OH is 1. The van der Waals surface area contributed by atoms with Gasteiger partial charge in [-0.15, -0.1) is 0 Å². The van der Waals surface area contributed by atoms with Crippen molar-refractivity contribution in [1.29, 1.82) is 0 Å². The van der Waals surface area contributed by atoms with Crippen molar-refractivity contribution in [2.24, 2.45) is 0 Å². The van der Waals surface area contributed by atoms with Crippen molar-refractivity contribution < 1.29 is 14.3 Å². The zero-order valence-electron chi connectivity index (χ0n) is 16.2. The molecule has 0 aliphatic heterocycles. The first-order chi connectivity index (χ1) is 14.8. The van der Waals surface area contributed by atoms with E-state index in [-0.39, 0.29) is 6.61 Å². The number of oxazole rings is 1. The molecule has 2 aromatic heterocycles. The zero-order valence-corrected chi connectivity index (χ0v) is 16.2. The molecular weight excluding hydrogens is 384 g/mol. The monoisotopic (exact) mass is 404 g/mol. The number of nitrogens with zero attached hydrogens (tertiary/aromatic N) is 4. The smallest absolute Gasteiger partial charge is 0.232 e. The van der Waals surface area contributed by atoms with E-state index >= 15 is 0 Å². The summed E-state index contributed by atoms with van der Waals surface area (Å²) in [6, 6.07) is 15.2. The molecule has 0 aliphatic carbocycles. The molecule has 3 N–H and O–H groups in total. The highest BCUT2D eigenvalue weighted by Crippen LogP contribution is 2.33. The average molecular weight is 404 g/mol. The zero-order chi connectivity index (χ0) is 20.8. The Balaban J connectivity index is 1.66. The quantitative estimate of drug-likeness (QED) is 0.406. The van der Waals surface area contributed by atoms with Gasteiger partial charge in [0.05, 0.1) is 25.5 Å². The first kappa shape index (κ1) is 19.3. The van der Waals surface area contributed by atoms with Crippen LogP contribution in [0.25, 0.3) is 22.7 Å². The first-order valence-corrected chi connectivity index (χ1v) is 9.27. The van der Waals surface area contributed by atoms with Gasteiger partial charge < -0.3 is 24.9 Å². The van der Waals surface area contributed by atoms with E-state index in [0.717, 1.165) is 16.8 Å². The van der Waals surface area contributed by atoms with Crippen molar-refractivity contribution in [3.8, 4) is 28.5 Å². The number of ether oxygens (including phenoxy) is 1. The van der Waals surface area contributed by atoms with Gasteiger partial charge in [-0.25, -0.2) is 4.98 Å². The van der Waals surface area contributed by atoms with E-state index in [1.807, 2.05) is 48.5 Å². The van der Waals surface area contributed by atoms with E-state index in [2.05, 4.69) is 30.6 Å². The Morgan fingerprint density at radius 3 is 2.60 bits per heavy atom. The number of benzene rings is 2. The van der Waals surface area contributed by atoms with Crippen LogP contribution >= 0.6 is 0 Å². The summed E-state index contributed by atoms with van der Waals surface area (Å²) in [5.74, 6) is 2.47. The maximum absolute atomic E-state index is 9.11. The van der Waals surface area contributed by atoms with Gasteiger partial charge >= 0.3 is 0 Å². The Bertz CT molecular complexity index is 1100. The minimum absolute atomic E-state index is 0.0323. The number of aliphatic hydroxyl groups is 1. The molecular formula is C21H20N6O3. The van der Waals surface area contributed by atoms with Crippen molar-refractivity contribution in [3.05, 3.63) is 61.1 Å². The van der Waals surface area contributed by atoms with Crippen LogP contribution in [-0.2, 0) is 0 Å². The third kappa shape index (κ3) is 4.36. The maximum atomic E-state index is 9.11. The Morgan fingerprint density at radius 1 is 1.03 bits per heavy atom. The number of hydrogen-bond acceptors (Lipinski definition) is 9. The molecule has 0 amide bonds. The van der Waals surface area contributed by atoms with E-state index in [0.29, 0.717) is 35.8 Å². The van der Waals surface area contributed by atoms with Crippen molar-refractivity contribution in [2.45, 2.75) is 0 Å². The largest absolute Gasteiger partial charge is 0.496 e. The third-order valence-corrected chi connectivity index (χ3v) is 4.22. The van der Waals surface area contributed by atoms with Gasteiger partial charge in [0, 0.05) is 23.9 Å². The highest BCUT2D eigenvalue weighted by Gasteiger charge is 2.12. The molecule has 2 heterocycles. The number of hydrogen-bond donors (Lipinski definition) is 3. The van der Waals surface area contributed by atoms with E-state index in [9.17, 15) is 0 Å². The van der Waals surface area contributed by atoms with Gasteiger partial charge in [0.25, 0.3) is 0 Å². The van der Waals surface area contributed by atoms with Crippen LogP contribution < -0.4 is 15.4 Å². The third-order valence-electron chi connectivity index (χ3n) is 4.22. The minimum Gasteiger partial charge on any atom is -0.496 e. The molecule has 0 bridgehead atoms. The van der Waals surface area contributed by atoms with E-state index < -0.39 is 0 Å². The second kappa shape index (κ2) is 9.01. The first-order valence-electron chi connectivity index (χ1n) is 9.27. The molecule has 2 aromatic carbocycles. The number of aromatic nitrogens is 4. The standard InChI is InChI=1S/C21H20N6O3/c1-29-17-11-15(7-8-16(17)18-12-22-13-30-18)24-21-26-19(14-5-3-2-4-6-14)25-20(27-21)23-9-10-28/h2-8,11-13,28H,9-10H2,1H3,(H2,23,24,25,26,27). The van der Waals surface area contributed by atoms with Gasteiger partial charge in [-0.3, -0.25) is 0 Å². The number of methoxy groups -OCH3 is 1. The van der Waals surface area contributed by atoms with Gasteiger partial charge in [0.15, 0.2) is 18.0 Å². The van der Waals surface area contributed by atoms with Crippen LogP contribution in [0.2, 0.25) is 0 Å². The summed E-state index contributed by atoms with van der Waals surface area (Å²) >= 11 is 0. The predicted octanol–water partition coefficient (Wildman–Crippen LogP) is 3.35. The van der Waals surface area contributed by atoms with Crippen LogP contribution in [0.15, 0.2) is 65.5 Å². The Hall–Kier alpha value is -3.98. The summed E-state index contributed by atoms with van der Waals surface area (Å²) in [7, 11) is 1.59. The van der Waals surface area contributed by atoms with Crippen LogP contribution in [0.1, 0.15) is 0 Å². The van der Waals surface area contributed by atoms with Crippen LogP contribution in [0.5, 0.6) is 5.75 Å². The lowest BCUT2D eigenvalue weighted by molar-refractivity contribution is 0.311. The summed E-state index contributed by atoms with van der Waals surface area (Å²) in [5.41, 5.74) is 2.37. The van der Waals surface area contributed by atoms with E-state index in [1.54, 1.807) is 13.3 Å². The molecule has 9 heteroatoms. The summed E-state index contributed by atoms with van der Waals surface area (Å²) in [4.78, 5) is 17.3. The van der Waals surface area contributed by atoms with Gasteiger partial charge in [0.2, 0.25) is 11.9 Å². The van der Waals surface area contributed by atoms with Gasteiger partial charge in [-0.2, -0.15) is 15.0 Å². The highest BCUT2D eigenvalue weighted by molar-refractivity contribution is 5.71. The maximum Gasteiger partial charge on any atom is 0.232 e. The molecule has 0 radical (unpaired) electrons.